The summed E-state index contributed by atoms with van der Waals surface area (Å²) in [4.78, 5) is 13.1. The summed E-state index contributed by atoms with van der Waals surface area (Å²) in [5, 5.41) is 10.3. The van der Waals surface area contributed by atoms with Gasteiger partial charge in [0, 0.05) is 51.0 Å². The maximum Gasteiger partial charge on any atom is 0.179 e. The number of nitriles is 1. The van der Waals surface area contributed by atoms with E-state index >= 15 is 0 Å². The number of hydrogen-bond acceptors (Lipinski definition) is 6. The zero-order valence-corrected chi connectivity index (χ0v) is 15.4. The van der Waals surface area contributed by atoms with Crippen LogP contribution in [-0.4, -0.2) is 59.3 Å². The summed E-state index contributed by atoms with van der Waals surface area (Å²) in [6.45, 7) is 5.69. The Balaban J connectivity index is 1.37. The molecule has 1 saturated heterocycles. The van der Waals surface area contributed by atoms with Gasteiger partial charge in [-0.15, -0.1) is 0 Å². The summed E-state index contributed by atoms with van der Waals surface area (Å²) in [7, 11) is 1.65. The van der Waals surface area contributed by atoms with E-state index in [-0.39, 0.29) is 0 Å². The molecule has 1 aliphatic rings. The third-order valence-corrected chi connectivity index (χ3v) is 5.11. The molecular weight excluding hydrogens is 340 g/mol. The lowest BCUT2D eigenvalue weighted by molar-refractivity contribution is 0.248. The van der Waals surface area contributed by atoms with Gasteiger partial charge in [0.2, 0.25) is 0 Å². The number of aromatic nitrogens is 3. The SMILES string of the molecule is COc1cncnc1N1CCN(CCn2ccc3ccc(C#N)cc32)CC1. The molecule has 7 heteroatoms. The highest BCUT2D eigenvalue weighted by molar-refractivity contribution is 5.81. The Bertz CT molecular complexity index is 968. The first kappa shape index (κ1) is 17.3. The van der Waals surface area contributed by atoms with Gasteiger partial charge in [0.15, 0.2) is 11.6 Å². The number of nitrogens with zero attached hydrogens (tertiary/aromatic N) is 6. The van der Waals surface area contributed by atoms with Crippen LogP contribution >= 0.6 is 0 Å². The minimum absolute atomic E-state index is 0.704. The van der Waals surface area contributed by atoms with Crippen LogP contribution in [0, 0.1) is 11.3 Å². The van der Waals surface area contributed by atoms with Gasteiger partial charge in [-0.25, -0.2) is 9.97 Å². The fourth-order valence-corrected chi connectivity index (χ4v) is 3.57. The molecule has 0 saturated carbocycles. The zero-order valence-electron chi connectivity index (χ0n) is 15.4. The van der Waals surface area contributed by atoms with E-state index in [1.165, 1.54) is 5.39 Å². The lowest BCUT2D eigenvalue weighted by atomic mass is 10.2. The van der Waals surface area contributed by atoms with Crippen molar-refractivity contribution in [1.29, 1.82) is 5.26 Å². The molecular formula is C20H22N6O. The maximum absolute atomic E-state index is 9.13. The highest BCUT2D eigenvalue weighted by Gasteiger charge is 2.20. The highest BCUT2D eigenvalue weighted by atomic mass is 16.5. The second kappa shape index (κ2) is 7.64. The topological polar surface area (TPSA) is 70.2 Å². The van der Waals surface area contributed by atoms with Crippen molar-refractivity contribution in [3.63, 3.8) is 0 Å². The average Bonchev–Trinajstić information content (AvgIpc) is 3.14. The van der Waals surface area contributed by atoms with Crippen LogP contribution in [0.25, 0.3) is 10.9 Å². The summed E-state index contributed by atoms with van der Waals surface area (Å²) in [6.07, 6.45) is 5.38. The van der Waals surface area contributed by atoms with Gasteiger partial charge in [-0.3, -0.25) is 4.90 Å². The van der Waals surface area contributed by atoms with Crippen LogP contribution in [0.15, 0.2) is 43.0 Å². The van der Waals surface area contributed by atoms with Gasteiger partial charge < -0.3 is 14.2 Å². The molecule has 0 unspecified atom stereocenters. The number of ether oxygens (including phenoxy) is 1. The maximum atomic E-state index is 9.13. The minimum Gasteiger partial charge on any atom is -0.491 e. The Morgan fingerprint density at radius 2 is 2.00 bits per heavy atom. The molecule has 0 radical (unpaired) electrons. The predicted molar refractivity (Wildman–Crippen MR) is 104 cm³/mol. The van der Waals surface area contributed by atoms with Crippen molar-refractivity contribution < 1.29 is 4.74 Å². The number of methoxy groups -OCH3 is 1. The first-order valence-corrected chi connectivity index (χ1v) is 9.09. The predicted octanol–water partition coefficient (Wildman–Crippen LogP) is 2.13. The third kappa shape index (κ3) is 3.57. The fraction of sp³-hybridized carbons (Fsp3) is 0.350. The van der Waals surface area contributed by atoms with Crippen molar-refractivity contribution in [3.8, 4) is 11.8 Å². The van der Waals surface area contributed by atoms with E-state index < -0.39 is 0 Å². The van der Waals surface area contributed by atoms with E-state index in [0.29, 0.717) is 5.56 Å². The van der Waals surface area contributed by atoms with Gasteiger partial charge in [-0.1, -0.05) is 6.07 Å². The van der Waals surface area contributed by atoms with Crippen LogP contribution in [-0.2, 0) is 6.54 Å². The molecule has 138 valence electrons. The van der Waals surface area contributed by atoms with Crippen molar-refractivity contribution >= 4 is 16.7 Å². The number of benzene rings is 1. The molecule has 27 heavy (non-hydrogen) atoms. The summed E-state index contributed by atoms with van der Waals surface area (Å²) in [5.74, 6) is 1.59. The molecule has 0 bridgehead atoms. The normalized spacial score (nSPS) is 15.0. The van der Waals surface area contributed by atoms with Crippen LogP contribution in [0.4, 0.5) is 5.82 Å². The van der Waals surface area contributed by atoms with Crippen LogP contribution in [0.2, 0.25) is 0 Å². The van der Waals surface area contributed by atoms with Gasteiger partial charge in [0.1, 0.15) is 6.33 Å². The quantitative estimate of drug-likeness (QED) is 0.693. The molecule has 0 aliphatic carbocycles. The second-order valence-corrected chi connectivity index (χ2v) is 6.64. The van der Waals surface area contributed by atoms with E-state index in [1.807, 2.05) is 18.2 Å². The molecule has 3 aromatic rings. The molecule has 3 heterocycles. The Kier molecular flexibility index (Phi) is 4.90. The number of piperazine rings is 1. The first-order chi connectivity index (χ1) is 13.3. The molecule has 0 N–H and O–H groups in total. The van der Waals surface area contributed by atoms with Crippen LogP contribution in [0.5, 0.6) is 5.75 Å². The van der Waals surface area contributed by atoms with Crippen LogP contribution < -0.4 is 9.64 Å². The fourth-order valence-electron chi connectivity index (χ4n) is 3.57. The van der Waals surface area contributed by atoms with E-state index in [2.05, 4.69) is 42.7 Å². The zero-order chi connectivity index (χ0) is 18.6. The molecule has 0 amide bonds. The van der Waals surface area contributed by atoms with Crippen LogP contribution in [0.1, 0.15) is 5.56 Å². The Morgan fingerprint density at radius 3 is 2.78 bits per heavy atom. The molecule has 1 aromatic carbocycles. The number of anilines is 1. The Labute approximate surface area is 158 Å². The van der Waals surface area contributed by atoms with Crippen molar-refractivity contribution in [1.82, 2.24) is 19.4 Å². The van der Waals surface area contributed by atoms with E-state index in [1.54, 1.807) is 19.6 Å². The Morgan fingerprint density at radius 1 is 1.15 bits per heavy atom. The minimum atomic E-state index is 0.704. The van der Waals surface area contributed by atoms with Crippen LogP contribution in [0.3, 0.4) is 0 Å². The van der Waals surface area contributed by atoms with Gasteiger partial charge >= 0.3 is 0 Å². The molecule has 2 aromatic heterocycles. The molecule has 0 spiro atoms. The lowest BCUT2D eigenvalue weighted by Crippen LogP contribution is -2.47. The molecule has 0 atom stereocenters. The van der Waals surface area contributed by atoms with E-state index in [4.69, 9.17) is 10.00 Å². The van der Waals surface area contributed by atoms with Crippen molar-refractivity contribution in [2.75, 3.05) is 44.7 Å². The summed E-state index contributed by atoms with van der Waals surface area (Å²) < 4.78 is 7.61. The smallest absolute Gasteiger partial charge is 0.179 e. The lowest BCUT2D eigenvalue weighted by Gasteiger charge is -2.35. The molecule has 7 nitrogen and oxygen atoms in total. The average molecular weight is 362 g/mol. The summed E-state index contributed by atoms with van der Waals surface area (Å²) in [6, 6.07) is 10.2. The van der Waals surface area contributed by atoms with Gasteiger partial charge in [0.25, 0.3) is 0 Å². The molecule has 4 rings (SSSR count). The largest absolute Gasteiger partial charge is 0.491 e. The van der Waals surface area contributed by atoms with Gasteiger partial charge in [-0.2, -0.15) is 5.26 Å². The monoisotopic (exact) mass is 362 g/mol. The number of hydrogen-bond donors (Lipinski definition) is 0. The first-order valence-electron chi connectivity index (χ1n) is 9.09. The Hall–Kier alpha value is -3.11. The van der Waals surface area contributed by atoms with Crippen molar-refractivity contribution in [3.05, 3.63) is 48.5 Å². The van der Waals surface area contributed by atoms with Gasteiger partial charge in [-0.05, 0) is 23.6 Å². The summed E-state index contributed by atoms with van der Waals surface area (Å²) >= 11 is 0. The highest BCUT2D eigenvalue weighted by Crippen LogP contribution is 2.24. The van der Waals surface area contributed by atoms with Gasteiger partial charge in [0.05, 0.1) is 24.9 Å². The van der Waals surface area contributed by atoms with E-state index in [0.717, 1.165) is 56.4 Å². The number of fused-ring (bicyclic) bond motifs is 1. The molecule has 1 fully saturated rings. The number of rotatable bonds is 5. The standard InChI is InChI=1S/C20H22N6O/c1-27-19-14-22-15-23-20(19)26-10-7-24(8-11-26)6-9-25-5-4-17-3-2-16(13-21)12-18(17)25/h2-5,12,14-15H,6-11H2,1H3. The van der Waals surface area contributed by atoms with Crippen molar-refractivity contribution in [2.45, 2.75) is 6.54 Å². The summed E-state index contributed by atoms with van der Waals surface area (Å²) in [5.41, 5.74) is 1.83. The van der Waals surface area contributed by atoms with Crippen molar-refractivity contribution in [2.24, 2.45) is 0 Å². The van der Waals surface area contributed by atoms with E-state index in [9.17, 15) is 0 Å². The second-order valence-electron chi connectivity index (χ2n) is 6.64. The molecule has 1 aliphatic heterocycles. The third-order valence-electron chi connectivity index (χ3n) is 5.11.